The SMILES string of the molecule is CC(C)(C)[Si](C)(C)OC1C(=O)CC12CCCCC2. The Morgan fingerprint density at radius 2 is 1.72 bits per heavy atom. The van der Waals surface area contributed by atoms with Crippen LogP contribution in [-0.4, -0.2) is 20.2 Å². The highest BCUT2D eigenvalue weighted by Gasteiger charge is 2.56. The van der Waals surface area contributed by atoms with Gasteiger partial charge < -0.3 is 4.43 Å². The Bertz CT molecular complexity index is 335. The van der Waals surface area contributed by atoms with Crippen LogP contribution in [0.3, 0.4) is 0 Å². The first-order valence-electron chi connectivity index (χ1n) is 7.39. The molecule has 0 aliphatic heterocycles. The van der Waals surface area contributed by atoms with Crippen LogP contribution >= 0.6 is 0 Å². The molecule has 0 radical (unpaired) electrons. The van der Waals surface area contributed by atoms with Crippen LogP contribution < -0.4 is 0 Å². The number of hydrogen-bond acceptors (Lipinski definition) is 2. The molecule has 2 rings (SSSR count). The molecule has 1 atom stereocenters. The fraction of sp³-hybridized carbons (Fsp3) is 0.933. The topological polar surface area (TPSA) is 26.3 Å². The van der Waals surface area contributed by atoms with Crippen LogP contribution in [0.25, 0.3) is 0 Å². The van der Waals surface area contributed by atoms with E-state index in [1.165, 1.54) is 32.1 Å². The Morgan fingerprint density at radius 3 is 2.17 bits per heavy atom. The molecular weight excluding hydrogens is 240 g/mol. The molecule has 104 valence electrons. The zero-order valence-corrected chi connectivity index (χ0v) is 13.6. The summed E-state index contributed by atoms with van der Waals surface area (Å²) in [6.07, 6.45) is 7.03. The highest BCUT2D eigenvalue weighted by atomic mass is 28.4. The molecule has 3 heteroatoms. The summed E-state index contributed by atoms with van der Waals surface area (Å²) in [6, 6.07) is 0. The van der Waals surface area contributed by atoms with Crippen LogP contribution in [0.4, 0.5) is 0 Å². The summed E-state index contributed by atoms with van der Waals surface area (Å²) in [5, 5.41) is 0.193. The van der Waals surface area contributed by atoms with Gasteiger partial charge in [0, 0.05) is 11.8 Å². The second-order valence-corrected chi connectivity index (χ2v) is 12.6. The van der Waals surface area contributed by atoms with E-state index in [1.54, 1.807) is 0 Å². The van der Waals surface area contributed by atoms with E-state index < -0.39 is 8.32 Å². The van der Waals surface area contributed by atoms with E-state index in [2.05, 4.69) is 33.9 Å². The fourth-order valence-corrected chi connectivity index (χ4v) is 4.42. The average molecular weight is 268 g/mol. The van der Waals surface area contributed by atoms with Gasteiger partial charge in [0.15, 0.2) is 14.1 Å². The molecule has 0 aromatic carbocycles. The number of ketones is 1. The average Bonchev–Trinajstić information content (AvgIpc) is 2.26. The van der Waals surface area contributed by atoms with Gasteiger partial charge in [-0.3, -0.25) is 4.79 Å². The summed E-state index contributed by atoms with van der Waals surface area (Å²) in [4.78, 5) is 12.0. The predicted molar refractivity (Wildman–Crippen MR) is 77.2 cm³/mol. The molecule has 0 aromatic rings. The van der Waals surface area contributed by atoms with Crippen LogP contribution in [0.15, 0.2) is 0 Å². The summed E-state index contributed by atoms with van der Waals surface area (Å²) in [5.74, 6) is 0.363. The van der Waals surface area contributed by atoms with Crippen molar-refractivity contribution in [3.63, 3.8) is 0 Å². The summed E-state index contributed by atoms with van der Waals surface area (Å²) in [7, 11) is -1.81. The van der Waals surface area contributed by atoms with E-state index in [9.17, 15) is 4.79 Å². The molecule has 0 bridgehead atoms. The zero-order chi connectivity index (χ0) is 13.6. The van der Waals surface area contributed by atoms with Crippen LogP contribution in [0.2, 0.25) is 18.1 Å². The van der Waals surface area contributed by atoms with Gasteiger partial charge in [0.25, 0.3) is 0 Å². The molecular formula is C15H28O2Si. The first kappa shape index (κ1) is 14.3. The van der Waals surface area contributed by atoms with E-state index >= 15 is 0 Å². The molecule has 0 aromatic heterocycles. The third kappa shape index (κ3) is 2.31. The first-order chi connectivity index (χ1) is 8.18. The molecule has 2 aliphatic carbocycles. The van der Waals surface area contributed by atoms with E-state index in [-0.39, 0.29) is 16.6 Å². The second-order valence-electron chi connectivity index (χ2n) is 7.82. The van der Waals surface area contributed by atoms with Gasteiger partial charge in [-0.15, -0.1) is 0 Å². The Labute approximate surface area is 113 Å². The van der Waals surface area contributed by atoms with Crippen LogP contribution in [-0.2, 0) is 9.22 Å². The minimum Gasteiger partial charge on any atom is -0.406 e. The molecule has 0 heterocycles. The predicted octanol–water partition coefficient (Wildman–Crippen LogP) is 4.30. The summed E-state index contributed by atoms with van der Waals surface area (Å²) >= 11 is 0. The minimum atomic E-state index is -1.81. The van der Waals surface area contributed by atoms with Crippen molar-refractivity contribution in [3.05, 3.63) is 0 Å². The molecule has 2 nitrogen and oxygen atoms in total. The first-order valence-corrected chi connectivity index (χ1v) is 10.3. The molecule has 0 N–H and O–H groups in total. The van der Waals surface area contributed by atoms with Crippen molar-refractivity contribution in [2.75, 3.05) is 0 Å². The number of carbonyl (C=O) groups is 1. The van der Waals surface area contributed by atoms with Gasteiger partial charge in [-0.2, -0.15) is 0 Å². The van der Waals surface area contributed by atoms with Gasteiger partial charge in [-0.1, -0.05) is 40.0 Å². The molecule has 1 spiro atoms. The normalized spacial score (nSPS) is 28.3. The third-order valence-electron chi connectivity index (χ3n) is 5.44. The fourth-order valence-electron chi connectivity index (χ4n) is 3.10. The molecule has 1 unspecified atom stereocenters. The summed E-state index contributed by atoms with van der Waals surface area (Å²) in [5.41, 5.74) is 0.227. The Kier molecular flexibility index (Phi) is 3.52. The van der Waals surface area contributed by atoms with Crippen molar-refractivity contribution in [1.82, 2.24) is 0 Å². The molecule has 2 fully saturated rings. The van der Waals surface area contributed by atoms with Crippen LogP contribution in [0.5, 0.6) is 0 Å². The number of rotatable bonds is 2. The standard InChI is InChI=1S/C15H28O2Si/c1-14(2,3)18(4,5)17-13-12(16)11-15(13)9-7-6-8-10-15/h13H,6-11H2,1-5H3. The van der Waals surface area contributed by atoms with Gasteiger partial charge in [-0.05, 0) is 31.0 Å². The maximum absolute atomic E-state index is 12.0. The van der Waals surface area contributed by atoms with Crippen molar-refractivity contribution < 1.29 is 9.22 Å². The summed E-state index contributed by atoms with van der Waals surface area (Å²) in [6.45, 7) is 11.3. The van der Waals surface area contributed by atoms with E-state index in [0.717, 1.165) is 6.42 Å². The molecule has 2 saturated carbocycles. The maximum Gasteiger partial charge on any atom is 0.193 e. The molecule has 2 aliphatic rings. The number of hydrogen-bond donors (Lipinski definition) is 0. The third-order valence-corrected chi connectivity index (χ3v) is 9.88. The summed E-state index contributed by atoms with van der Waals surface area (Å²) < 4.78 is 6.43. The monoisotopic (exact) mass is 268 g/mol. The van der Waals surface area contributed by atoms with E-state index in [1.807, 2.05) is 0 Å². The Morgan fingerprint density at radius 1 is 1.17 bits per heavy atom. The zero-order valence-electron chi connectivity index (χ0n) is 12.6. The van der Waals surface area contributed by atoms with Crippen LogP contribution in [0.1, 0.15) is 59.3 Å². The lowest BCUT2D eigenvalue weighted by Gasteiger charge is -2.53. The van der Waals surface area contributed by atoms with Crippen molar-refractivity contribution >= 4 is 14.1 Å². The van der Waals surface area contributed by atoms with Crippen molar-refractivity contribution in [1.29, 1.82) is 0 Å². The molecule has 0 amide bonds. The Balaban J connectivity index is 2.10. The van der Waals surface area contributed by atoms with Gasteiger partial charge in [0.05, 0.1) is 0 Å². The number of Topliss-reactive ketones (excluding diaryl/α,β-unsaturated/α-hetero) is 1. The quantitative estimate of drug-likeness (QED) is 0.698. The smallest absolute Gasteiger partial charge is 0.193 e. The van der Waals surface area contributed by atoms with Gasteiger partial charge in [0.1, 0.15) is 6.10 Å². The van der Waals surface area contributed by atoms with Crippen LogP contribution in [0, 0.1) is 5.41 Å². The lowest BCUT2D eigenvalue weighted by molar-refractivity contribution is -0.156. The van der Waals surface area contributed by atoms with E-state index in [4.69, 9.17) is 4.43 Å². The second kappa shape index (κ2) is 4.45. The maximum atomic E-state index is 12.0. The highest BCUT2D eigenvalue weighted by molar-refractivity contribution is 6.74. The lowest BCUT2D eigenvalue weighted by atomic mass is 9.58. The van der Waals surface area contributed by atoms with Crippen molar-refractivity contribution in [3.8, 4) is 0 Å². The van der Waals surface area contributed by atoms with Crippen molar-refractivity contribution in [2.24, 2.45) is 5.41 Å². The highest BCUT2D eigenvalue weighted by Crippen LogP contribution is 2.53. The Hall–Kier alpha value is -0.153. The minimum absolute atomic E-state index is 0.0707. The number of carbonyl (C=O) groups excluding carboxylic acids is 1. The van der Waals surface area contributed by atoms with Crippen molar-refractivity contribution in [2.45, 2.75) is 83.5 Å². The van der Waals surface area contributed by atoms with Gasteiger partial charge in [-0.25, -0.2) is 0 Å². The van der Waals surface area contributed by atoms with Gasteiger partial charge in [0.2, 0.25) is 0 Å². The van der Waals surface area contributed by atoms with Gasteiger partial charge >= 0.3 is 0 Å². The van der Waals surface area contributed by atoms with E-state index in [0.29, 0.717) is 5.78 Å². The molecule has 0 saturated heterocycles. The largest absolute Gasteiger partial charge is 0.406 e. The molecule has 18 heavy (non-hydrogen) atoms. The lowest BCUT2D eigenvalue weighted by Crippen LogP contribution is -2.60.